The largest absolute Gasteiger partial charge is 0.466 e. The first-order valence-corrected chi connectivity index (χ1v) is 8.73. The van der Waals surface area contributed by atoms with Crippen LogP contribution in [0.2, 0.25) is 0 Å². The first-order chi connectivity index (χ1) is 7.06. The van der Waals surface area contributed by atoms with Crippen molar-refractivity contribution in [3.63, 3.8) is 0 Å². The van der Waals surface area contributed by atoms with E-state index in [1.165, 1.54) is 0 Å². The predicted octanol–water partition coefficient (Wildman–Crippen LogP) is 1.82. The van der Waals surface area contributed by atoms with Crippen LogP contribution in [0, 0.1) is 0 Å². The molecule has 0 spiro atoms. The molecule has 0 aliphatic heterocycles. The fourth-order valence-electron chi connectivity index (χ4n) is 1.13. The minimum atomic E-state index is -2.08. The minimum absolute atomic E-state index is 0. The van der Waals surface area contributed by atoms with E-state index in [1.807, 2.05) is 30.3 Å². The molecule has 1 radical (unpaired) electrons. The van der Waals surface area contributed by atoms with Crippen molar-refractivity contribution < 1.29 is 9.53 Å². The van der Waals surface area contributed by atoms with Gasteiger partial charge in [0.15, 0.2) is 0 Å². The van der Waals surface area contributed by atoms with Gasteiger partial charge in [-0.25, -0.2) is 0 Å². The van der Waals surface area contributed by atoms with Crippen LogP contribution in [0.15, 0.2) is 30.3 Å². The van der Waals surface area contributed by atoms with Gasteiger partial charge in [-0.15, -0.1) is 12.2 Å². The van der Waals surface area contributed by atoms with Gasteiger partial charge in [-0.2, -0.15) is 0 Å². The molecule has 0 aliphatic rings. The van der Waals surface area contributed by atoms with Gasteiger partial charge in [0.2, 0.25) is 0 Å². The van der Waals surface area contributed by atoms with Crippen molar-refractivity contribution in [1.29, 1.82) is 0 Å². The molecular formula is C10H13NaO2PS2. The molecule has 1 atom stereocenters. The normalized spacial score (nSPS) is 13.4. The Kier molecular flexibility index (Phi) is 8.25. The molecule has 0 aromatic heterocycles. The number of hydrogen-bond acceptors (Lipinski definition) is 3. The molecule has 1 unspecified atom stereocenters. The van der Waals surface area contributed by atoms with E-state index in [4.69, 9.17) is 16.5 Å². The Labute approximate surface area is 129 Å². The van der Waals surface area contributed by atoms with E-state index in [0.29, 0.717) is 6.61 Å². The Morgan fingerprint density at radius 3 is 2.50 bits per heavy atom. The van der Waals surface area contributed by atoms with E-state index < -0.39 is 5.24 Å². The SMILES string of the molecule is CCOC(=O)CP(=S)(S)c1ccccc1.[Na]. The molecule has 0 aliphatic carbocycles. The van der Waals surface area contributed by atoms with Crippen LogP contribution < -0.4 is 5.30 Å². The fourth-order valence-corrected chi connectivity index (χ4v) is 3.82. The second kappa shape index (κ2) is 7.91. The standard InChI is InChI=1S/C10H13O2PS2.Na/c1-2-12-10(11)8-13(14,15)9-6-4-3-5-7-9;/h3-7H,2,8H2,1H3,(H,14,15);. The second-order valence-electron chi connectivity index (χ2n) is 3.00. The Bertz CT molecular complexity index is 384. The Hall–Kier alpha value is 0.690. The van der Waals surface area contributed by atoms with Gasteiger partial charge in [0, 0.05) is 34.8 Å². The zero-order valence-electron chi connectivity index (χ0n) is 9.42. The van der Waals surface area contributed by atoms with Crippen molar-refractivity contribution in [2.24, 2.45) is 0 Å². The van der Waals surface area contributed by atoms with Gasteiger partial charge in [-0.1, -0.05) is 42.1 Å². The van der Waals surface area contributed by atoms with Crippen LogP contribution in [-0.2, 0) is 21.3 Å². The molecule has 0 saturated heterocycles. The second-order valence-corrected chi connectivity index (χ2v) is 9.97. The molecular weight excluding hydrogens is 270 g/mol. The first-order valence-electron chi connectivity index (χ1n) is 4.59. The van der Waals surface area contributed by atoms with Crippen molar-refractivity contribution in [3.8, 4) is 0 Å². The van der Waals surface area contributed by atoms with E-state index >= 15 is 0 Å². The Morgan fingerprint density at radius 1 is 1.44 bits per heavy atom. The Balaban J connectivity index is 0.00000225. The van der Waals surface area contributed by atoms with Crippen LogP contribution in [0.3, 0.4) is 0 Å². The average molecular weight is 283 g/mol. The Morgan fingerprint density at radius 2 is 2.00 bits per heavy atom. The van der Waals surface area contributed by atoms with Gasteiger partial charge in [-0.3, -0.25) is 4.79 Å². The number of esters is 1. The molecule has 0 saturated carbocycles. The molecule has 0 N–H and O–H groups in total. The van der Waals surface area contributed by atoms with Crippen LogP contribution in [0.25, 0.3) is 0 Å². The van der Waals surface area contributed by atoms with E-state index in [2.05, 4.69) is 12.2 Å². The topological polar surface area (TPSA) is 26.3 Å². The maximum Gasteiger partial charge on any atom is 0.312 e. The smallest absolute Gasteiger partial charge is 0.312 e. The fraction of sp³-hybridized carbons (Fsp3) is 0.300. The van der Waals surface area contributed by atoms with Crippen molar-refractivity contribution >= 4 is 70.1 Å². The molecule has 16 heavy (non-hydrogen) atoms. The summed E-state index contributed by atoms with van der Waals surface area (Å²) in [5.74, 6) is -0.264. The van der Waals surface area contributed by atoms with Crippen LogP contribution in [0.4, 0.5) is 0 Å². The summed E-state index contributed by atoms with van der Waals surface area (Å²) in [6.45, 7) is 2.17. The number of carbonyl (C=O) groups excluding carboxylic acids is 1. The van der Waals surface area contributed by atoms with Crippen LogP contribution in [0.1, 0.15) is 6.92 Å². The summed E-state index contributed by atoms with van der Waals surface area (Å²) < 4.78 is 4.87. The molecule has 0 amide bonds. The van der Waals surface area contributed by atoms with Crippen LogP contribution in [-0.4, -0.2) is 48.3 Å². The van der Waals surface area contributed by atoms with Gasteiger partial charge in [0.25, 0.3) is 0 Å². The molecule has 0 fully saturated rings. The third-order valence-electron chi connectivity index (χ3n) is 1.81. The van der Waals surface area contributed by atoms with E-state index in [1.54, 1.807) is 6.92 Å². The zero-order valence-corrected chi connectivity index (χ0v) is 14.0. The summed E-state index contributed by atoms with van der Waals surface area (Å²) >= 11 is 9.81. The summed E-state index contributed by atoms with van der Waals surface area (Å²) in [4.78, 5) is 11.3. The average Bonchev–Trinajstić information content (AvgIpc) is 2.18. The number of benzene rings is 1. The summed E-state index contributed by atoms with van der Waals surface area (Å²) in [5, 5.41) is -1.12. The van der Waals surface area contributed by atoms with Gasteiger partial charge >= 0.3 is 5.97 Å². The number of ether oxygens (including phenoxy) is 1. The molecule has 0 bridgehead atoms. The maximum absolute atomic E-state index is 11.3. The summed E-state index contributed by atoms with van der Waals surface area (Å²) in [7, 11) is 0. The number of hydrogen-bond donors (Lipinski definition) is 1. The van der Waals surface area contributed by atoms with Crippen molar-refractivity contribution in [3.05, 3.63) is 30.3 Å². The van der Waals surface area contributed by atoms with Gasteiger partial charge in [0.05, 0.1) is 12.8 Å². The van der Waals surface area contributed by atoms with Gasteiger partial charge in [-0.05, 0) is 12.2 Å². The van der Waals surface area contributed by atoms with E-state index in [-0.39, 0.29) is 41.7 Å². The predicted molar refractivity (Wildman–Crippen MR) is 76.6 cm³/mol. The molecule has 83 valence electrons. The molecule has 0 heterocycles. The molecule has 1 aromatic rings. The van der Waals surface area contributed by atoms with E-state index in [9.17, 15) is 4.79 Å². The minimum Gasteiger partial charge on any atom is -0.466 e. The first kappa shape index (κ1) is 16.7. The molecule has 2 nitrogen and oxygen atoms in total. The summed E-state index contributed by atoms with van der Waals surface area (Å²) in [5.41, 5.74) is 0. The zero-order chi connectivity index (χ0) is 11.3. The quantitative estimate of drug-likeness (QED) is 0.395. The summed E-state index contributed by atoms with van der Waals surface area (Å²) in [6.07, 6.45) is 0.212. The van der Waals surface area contributed by atoms with Crippen molar-refractivity contribution in [2.75, 3.05) is 12.8 Å². The van der Waals surface area contributed by atoms with Gasteiger partial charge in [0.1, 0.15) is 0 Å². The van der Waals surface area contributed by atoms with Crippen molar-refractivity contribution in [1.82, 2.24) is 0 Å². The molecule has 1 aromatic carbocycles. The maximum atomic E-state index is 11.3. The number of thiol groups is 1. The van der Waals surface area contributed by atoms with Crippen molar-refractivity contribution in [2.45, 2.75) is 6.92 Å². The number of carbonyl (C=O) groups is 1. The third kappa shape index (κ3) is 5.35. The molecule has 6 heteroatoms. The summed E-state index contributed by atoms with van der Waals surface area (Å²) in [6, 6.07) is 9.53. The number of rotatable bonds is 4. The monoisotopic (exact) mass is 283 g/mol. The third-order valence-corrected chi connectivity index (χ3v) is 5.74. The van der Waals surface area contributed by atoms with E-state index in [0.717, 1.165) is 5.30 Å². The van der Waals surface area contributed by atoms with Crippen LogP contribution in [0.5, 0.6) is 0 Å². The molecule has 1 rings (SSSR count). The van der Waals surface area contributed by atoms with Crippen LogP contribution >= 0.6 is 17.5 Å². The van der Waals surface area contributed by atoms with Gasteiger partial charge < -0.3 is 4.74 Å².